The third kappa shape index (κ3) is 4.76. The average Bonchev–Trinajstić information content (AvgIpc) is 1.96. The van der Waals surface area contributed by atoms with Crippen LogP contribution in [0.25, 0.3) is 0 Å². The summed E-state index contributed by atoms with van der Waals surface area (Å²) < 4.78 is 0. The molecule has 0 heterocycles. The van der Waals surface area contributed by atoms with Crippen LogP contribution in [0.5, 0.6) is 0 Å². The minimum absolute atomic E-state index is 0.779. The minimum atomic E-state index is 0.779. The third-order valence-electron chi connectivity index (χ3n) is 2.55. The molecule has 12 heavy (non-hydrogen) atoms. The van der Waals surface area contributed by atoms with E-state index in [0.717, 1.165) is 12.1 Å². The minimum Gasteiger partial charge on any atom is -0.331 e. The van der Waals surface area contributed by atoms with Crippen LogP contribution in [0, 0.1) is 0 Å². The van der Waals surface area contributed by atoms with Gasteiger partial charge in [0, 0.05) is 0 Å². The SMILES string of the molecule is CCCCC[NH+](C(C)C)C(C)C. The highest BCUT2D eigenvalue weighted by Gasteiger charge is 2.15. The maximum Gasteiger partial charge on any atom is 0.0819 e. The van der Waals surface area contributed by atoms with Crippen molar-refractivity contribution in [1.29, 1.82) is 0 Å². The van der Waals surface area contributed by atoms with Crippen LogP contribution in [0.15, 0.2) is 0 Å². The second kappa shape index (κ2) is 6.47. The Balaban J connectivity index is 3.64. The summed E-state index contributed by atoms with van der Waals surface area (Å²) in [4.78, 5) is 1.75. The van der Waals surface area contributed by atoms with Gasteiger partial charge in [-0.1, -0.05) is 13.3 Å². The zero-order valence-electron chi connectivity index (χ0n) is 9.48. The summed E-state index contributed by atoms with van der Waals surface area (Å²) in [6, 6.07) is 1.56. The van der Waals surface area contributed by atoms with Crippen molar-refractivity contribution >= 4 is 0 Å². The zero-order valence-corrected chi connectivity index (χ0v) is 9.48. The molecule has 0 fully saturated rings. The zero-order chi connectivity index (χ0) is 9.56. The smallest absolute Gasteiger partial charge is 0.0819 e. The van der Waals surface area contributed by atoms with Crippen LogP contribution in [0.1, 0.15) is 53.9 Å². The fraction of sp³-hybridized carbons (Fsp3) is 1.00. The van der Waals surface area contributed by atoms with Crippen LogP contribution in [0.4, 0.5) is 0 Å². The number of quaternary nitrogens is 1. The predicted octanol–water partition coefficient (Wildman–Crippen LogP) is 1.88. The highest BCUT2D eigenvalue weighted by Crippen LogP contribution is 1.90. The van der Waals surface area contributed by atoms with Gasteiger partial charge in [0.1, 0.15) is 0 Å². The molecule has 0 aromatic rings. The van der Waals surface area contributed by atoms with Crippen LogP contribution in [0.2, 0.25) is 0 Å². The molecule has 0 saturated heterocycles. The summed E-state index contributed by atoms with van der Waals surface area (Å²) in [6.07, 6.45) is 4.12. The topological polar surface area (TPSA) is 4.44 Å². The van der Waals surface area contributed by atoms with Gasteiger partial charge in [0.05, 0.1) is 18.6 Å². The number of nitrogens with one attached hydrogen (secondary N) is 1. The standard InChI is InChI=1S/C11H25N/c1-6-7-8-9-12(10(2)3)11(4)5/h10-11H,6-9H2,1-5H3/p+1. The number of hydrogen-bond donors (Lipinski definition) is 1. The molecule has 0 rings (SSSR count). The molecule has 0 aliphatic rings. The highest BCUT2D eigenvalue weighted by molar-refractivity contribution is 4.43. The van der Waals surface area contributed by atoms with E-state index < -0.39 is 0 Å². The van der Waals surface area contributed by atoms with Crippen LogP contribution >= 0.6 is 0 Å². The van der Waals surface area contributed by atoms with Crippen LogP contribution in [-0.2, 0) is 0 Å². The van der Waals surface area contributed by atoms with Crippen molar-refractivity contribution in [2.75, 3.05) is 6.54 Å². The Kier molecular flexibility index (Phi) is 6.45. The van der Waals surface area contributed by atoms with E-state index in [2.05, 4.69) is 34.6 Å². The van der Waals surface area contributed by atoms with Gasteiger partial charge < -0.3 is 4.90 Å². The van der Waals surface area contributed by atoms with E-state index in [1.165, 1.54) is 25.8 Å². The first kappa shape index (κ1) is 12.0. The first-order chi connectivity index (χ1) is 5.59. The molecular formula is C11H26N+. The normalized spacial score (nSPS) is 12.0. The molecule has 0 aromatic carbocycles. The quantitative estimate of drug-likeness (QED) is 0.584. The molecule has 0 radical (unpaired) electrons. The molecule has 74 valence electrons. The molecule has 0 aromatic heterocycles. The fourth-order valence-electron chi connectivity index (χ4n) is 1.82. The monoisotopic (exact) mass is 172 g/mol. The van der Waals surface area contributed by atoms with Crippen molar-refractivity contribution in [2.24, 2.45) is 0 Å². The summed E-state index contributed by atoms with van der Waals surface area (Å²) >= 11 is 0. The first-order valence-electron chi connectivity index (χ1n) is 5.45. The largest absolute Gasteiger partial charge is 0.331 e. The lowest BCUT2D eigenvalue weighted by Crippen LogP contribution is -3.17. The van der Waals surface area contributed by atoms with Gasteiger partial charge in [-0.2, -0.15) is 0 Å². The Morgan fingerprint density at radius 3 is 1.75 bits per heavy atom. The van der Waals surface area contributed by atoms with E-state index in [1.54, 1.807) is 4.90 Å². The molecule has 0 unspecified atom stereocenters. The van der Waals surface area contributed by atoms with E-state index >= 15 is 0 Å². The summed E-state index contributed by atoms with van der Waals surface area (Å²) in [7, 11) is 0. The Hall–Kier alpha value is -0.0400. The van der Waals surface area contributed by atoms with Gasteiger partial charge in [0.25, 0.3) is 0 Å². The van der Waals surface area contributed by atoms with Gasteiger partial charge >= 0.3 is 0 Å². The molecule has 0 spiro atoms. The Labute approximate surface area is 78.1 Å². The van der Waals surface area contributed by atoms with Crippen molar-refractivity contribution in [1.82, 2.24) is 0 Å². The molecule has 0 amide bonds. The van der Waals surface area contributed by atoms with Crippen LogP contribution in [0.3, 0.4) is 0 Å². The lowest BCUT2D eigenvalue weighted by atomic mass is 10.2. The van der Waals surface area contributed by atoms with E-state index in [9.17, 15) is 0 Å². The second-order valence-corrected chi connectivity index (χ2v) is 4.34. The predicted molar refractivity (Wildman–Crippen MR) is 55.6 cm³/mol. The van der Waals surface area contributed by atoms with Gasteiger partial charge in [0.15, 0.2) is 0 Å². The van der Waals surface area contributed by atoms with Crippen LogP contribution in [-0.4, -0.2) is 18.6 Å². The van der Waals surface area contributed by atoms with E-state index in [1.807, 2.05) is 0 Å². The summed E-state index contributed by atoms with van der Waals surface area (Å²) in [5, 5.41) is 0. The van der Waals surface area contributed by atoms with E-state index in [-0.39, 0.29) is 0 Å². The maximum absolute atomic E-state index is 2.32. The number of hydrogen-bond acceptors (Lipinski definition) is 0. The summed E-state index contributed by atoms with van der Waals surface area (Å²) in [6.45, 7) is 12.9. The maximum atomic E-state index is 2.32. The Morgan fingerprint density at radius 1 is 0.917 bits per heavy atom. The average molecular weight is 172 g/mol. The summed E-state index contributed by atoms with van der Waals surface area (Å²) in [5.41, 5.74) is 0. The van der Waals surface area contributed by atoms with Crippen molar-refractivity contribution in [2.45, 2.75) is 66.0 Å². The number of rotatable bonds is 6. The molecule has 1 nitrogen and oxygen atoms in total. The van der Waals surface area contributed by atoms with Crippen molar-refractivity contribution in [3.63, 3.8) is 0 Å². The Bertz CT molecular complexity index is 89.2. The third-order valence-corrected chi connectivity index (χ3v) is 2.55. The van der Waals surface area contributed by atoms with Crippen molar-refractivity contribution in [3.05, 3.63) is 0 Å². The highest BCUT2D eigenvalue weighted by atomic mass is 15.2. The molecule has 0 atom stereocenters. The van der Waals surface area contributed by atoms with Gasteiger partial charge in [-0.15, -0.1) is 0 Å². The lowest BCUT2D eigenvalue weighted by Gasteiger charge is -2.27. The van der Waals surface area contributed by atoms with Crippen LogP contribution < -0.4 is 4.90 Å². The molecular weight excluding hydrogens is 146 g/mol. The number of unbranched alkanes of at least 4 members (excludes halogenated alkanes) is 2. The van der Waals surface area contributed by atoms with Crippen molar-refractivity contribution in [3.8, 4) is 0 Å². The Morgan fingerprint density at radius 2 is 1.42 bits per heavy atom. The molecule has 0 saturated carbocycles. The molecule has 1 N–H and O–H groups in total. The van der Waals surface area contributed by atoms with Gasteiger partial charge in [-0.05, 0) is 40.5 Å². The van der Waals surface area contributed by atoms with E-state index in [0.29, 0.717) is 0 Å². The summed E-state index contributed by atoms with van der Waals surface area (Å²) in [5.74, 6) is 0. The molecule has 0 aliphatic carbocycles. The molecule has 0 bridgehead atoms. The molecule has 1 heteroatoms. The van der Waals surface area contributed by atoms with Gasteiger partial charge in [-0.25, -0.2) is 0 Å². The fourth-order valence-corrected chi connectivity index (χ4v) is 1.82. The van der Waals surface area contributed by atoms with Crippen molar-refractivity contribution < 1.29 is 4.90 Å². The van der Waals surface area contributed by atoms with Gasteiger partial charge in [0.2, 0.25) is 0 Å². The second-order valence-electron chi connectivity index (χ2n) is 4.34. The van der Waals surface area contributed by atoms with Gasteiger partial charge in [-0.3, -0.25) is 0 Å². The molecule has 0 aliphatic heterocycles. The lowest BCUT2D eigenvalue weighted by molar-refractivity contribution is -0.942. The van der Waals surface area contributed by atoms with E-state index in [4.69, 9.17) is 0 Å². The first-order valence-corrected chi connectivity index (χ1v) is 5.45.